The van der Waals surface area contributed by atoms with Crippen LogP contribution in [0, 0.1) is 0 Å². The maximum absolute atomic E-state index is 14.0. The van der Waals surface area contributed by atoms with Gasteiger partial charge in [-0.3, -0.25) is 14.2 Å². The lowest BCUT2D eigenvalue weighted by atomic mass is 9.95. The van der Waals surface area contributed by atoms with Crippen LogP contribution in [0.3, 0.4) is 0 Å². The summed E-state index contributed by atoms with van der Waals surface area (Å²) < 4.78 is 18.5. The molecule has 0 radical (unpaired) electrons. The second-order valence-corrected chi connectivity index (χ2v) is 11.2. The van der Waals surface area contributed by atoms with Crippen molar-refractivity contribution in [3.05, 3.63) is 139 Å². The highest BCUT2D eigenvalue weighted by molar-refractivity contribution is 7.07. The number of methoxy groups -OCH3 is 1. The van der Waals surface area contributed by atoms with E-state index in [0.717, 1.165) is 5.56 Å². The van der Waals surface area contributed by atoms with Gasteiger partial charge in [-0.15, -0.1) is 0 Å². The van der Waals surface area contributed by atoms with E-state index >= 15 is 0 Å². The van der Waals surface area contributed by atoms with E-state index in [1.165, 1.54) is 11.3 Å². The van der Waals surface area contributed by atoms with Crippen LogP contribution in [0.25, 0.3) is 17.4 Å². The molecule has 0 fully saturated rings. The summed E-state index contributed by atoms with van der Waals surface area (Å²) in [5.41, 5.74) is 3.13. The molecule has 0 saturated carbocycles. The van der Waals surface area contributed by atoms with Crippen LogP contribution >= 0.6 is 11.3 Å². The number of aromatic nitrogens is 1. The standard InChI is InChI=1S/C35H29N3O6S/c1-4-43-34(41)23-15-13-22(14-16-23)28-18-17-27(44-28)20-29-33(40)38-31(24-9-8-12-26(19-24)42-3)30(21(2)36-35(38)45-29)32(39)37-25-10-6-5-7-11-25/h5-20,31H,4H2,1-3H3,(H,37,39)/b29-20-/t31-/m1/s1. The number of carbonyl (C=O) groups excluding carboxylic acids is 2. The quantitative estimate of drug-likeness (QED) is 0.236. The Bertz CT molecular complexity index is 2110. The molecule has 3 heterocycles. The van der Waals surface area contributed by atoms with Gasteiger partial charge < -0.3 is 19.2 Å². The molecule has 0 spiro atoms. The van der Waals surface area contributed by atoms with E-state index in [9.17, 15) is 14.4 Å². The number of amides is 1. The zero-order chi connectivity index (χ0) is 31.5. The van der Waals surface area contributed by atoms with Crippen molar-refractivity contribution in [3.8, 4) is 17.1 Å². The summed E-state index contributed by atoms with van der Waals surface area (Å²) in [4.78, 5) is 44.9. The monoisotopic (exact) mass is 619 g/mol. The molecule has 2 aromatic heterocycles. The molecule has 1 amide bonds. The van der Waals surface area contributed by atoms with Gasteiger partial charge in [-0.1, -0.05) is 53.8 Å². The summed E-state index contributed by atoms with van der Waals surface area (Å²) in [5, 5.41) is 2.95. The van der Waals surface area contributed by atoms with Gasteiger partial charge in [0.05, 0.1) is 41.1 Å². The number of nitrogens with zero attached hydrogens (tertiary/aromatic N) is 2. The zero-order valence-electron chi connectivity index (χ0n) is 24.8. The van der Waals surface area contributed by atoms with Crippen LogP contribution in [0.4, 0.5) is 5.69 Å². The summed E-state index contributed by atoms with van der Waals surface area (Å²) in [6.07, 6.45) is 1.67. The zero-order valence-corrected chi connectivity index (χ0v) is 25.6. The average molecular weight is 620 g/mol. The van der Waals surface area contributed by atoms with Crippen molar-refractivity contribution < 1.29 is 23.5 Å². The van der Waals surface area contributed by atoms with Gasteiger partial charge in [0.1, 0.15) is 17.3 Å². The Hall–Kier alpha value is -5.48. The largest absolute Gasteiger partial charge is 0.497 e. The molecule has 226 valence electrons. The number of anilines is 1. The van der Waals surface area contributed by atoms with Gasteiger partial charge in [0.25, 0.3) is 11.5 Å². The Morgan fingerprint density at radius 2 is 1.80 bits per heavy atom. The molecule has 0 unspecified atom stereocenters. The van der Waals surface area contributed by atoms with E-state index in [2.05, 4.69) is 5.32 Å². The van der Waals surface area contributed by atoms with Crippen molar-refractivity contribution in [2.24, 2.45) is 4.99 Å². The minimum absolute atomic E-state index is 0.301. The topological polar surface area (TPSA) is 112 Å². The summed E-state index contributed by atoms with van der Waals surface area (Å²) in [6.45, 7) is 3.83. The van der Waals surface area contributed by atoms with E-state index in [0.29, 0.717) is 61.3 Å². The molecule has 9 nitrogen and oxygen atoms in total. The number of benzene rings is 3. The Morgan fingerprint density at radius 3 is 2.53 bits per heavy atom. The molecule has 3 aromatic carbocycles. The molecule has 0 saturated heterocycles. The fourth-order valence-electron chi connectivity index (χ4n) is 5.16. The Morgan fingerprint density at radius 1 is 1.02 bits per heavy atom. The molecular weight excluding hydrogens is 590 g/mol. The van der Waals surface area contributed by atoms with Crippen LogP contribution in [-0.2, 0) is 9.53 Å². The van der Waals surface area contributed by atoms with Crippen LogP contribution in [0.2, 0.25) is 0 Å². The fraction of sp³-hybridized carbons (Fsp3) is 0.143. The number of nitrogens with one attached hydrogen (secondary N) is 1. The summed E-state index contributed by atoms with van der Waals surface area (Å²) in [5.74, 6) is 0.914. The molecule has 1 aliphatic heterocycles. The van der Waals surface area contributed by atoms with Crippen LogP contribution in [0.1, 0.15) is 41.6 Å². The van der Waals surface area contributed by atoms with Gasteiger partial charge in [-0.05, 0) is 67.9 Å². The third-order valence-electron chi connectivity index (χ3n) is 7.29. The first kappa shape index (κ1) is 29.6. The second kappa shape index (κ2) is 12.6. The Kier molecular flexibility index (Phi) is 8.30. The number of furan rings is 1. The summed E-state index contributed by atoms with van der Waals surface area (Å²) in [7, 11) is 1.57. The molecular formula is C35H29N3O6S. The predicted octanol–water partition coefficient (Wildman–Crippen LogP) is 5.32. The first-order valence-electron chi connectivity index (χ1n) is 14.3. The molecule has 45 heavy (non-hydrogen) atoms. The highest BCUT2D eigenvalue weighted by Gasteiger charge is 2.33. The molecule has 5 aromatic rings. The van der Waals surface area contributed by atoms with Crippen LogP contribution < -0.4 is 24.9 Å². The lowest BCUT2D eigenvalue weighted by Crippen LogP contribution is -2.40. The van der Waals surface area contributed by atoms with Crippen molar-refractivity contribution in [1.29, 1.82) is 0 Å². The molecule has 1 N–H and O–H groups in total. The van der Waals surface area contributed by atoms with Gasteiger partial charge in [0.15, 0.2) is 4.80 Å². The van der Waals surface area contributed by atoms with Crippen molar-refractivity contribution >= 4 is 35.0 Å². The number of esters is 1. The highest BCUT2D eigenvalue weighted by atomic mass is 32.1. The van der Waals surface area contributed by atoms with Crippen molar-refractivity contribution in [3.63, 3.8) is 0 Å². The van der Waals surface area contributed by atoms with Gasteiger partial charge in [-0.25, -0.2) is 9.79 Å². The van der Waals surface area contributed by atoms with Gasteiger partial charge in [0.2, 0.25) is 0 Å². The van der Waals surface area contributed by atoms with Gasteiger partial charge in [0, 0.05) is 17.3 Å². The lowest BCUT2D eigenvalue weighted by Gasteiger charge is -2.25. The van der Waals surface area contributed by atoms with E-state index in [4.69, 9.17) is 18.9 Å². The number of allylic oxidation sites excluding steroid dienone is 1. The van der Waals surface area contributed by atoms with Gasteiger partial charge >= 0.3 is 5.97 Å². The number of thiazole rings is 1. The number of ether oxygens (including phenoxy) is 2. The number of hydrogen-bond donors (Lipinski definition) is 1. The number of carbonyl (C=O) groups is 2. The molecule has 6 rings (SSSR count). The minimum Gasteiger partial charge on any atom is -0.497 e. The third kappa shape index (κ3) is 6.00. The van der Waals surface area contributed by atoms with E-state index in [1.54, 1.807) is 80.1 Å². The van der Waals surface area contributed by atoms with Crippen LogP contribution in [0.15, 0.2) is 116 Å². The second-order valence-electron chi connectivity index (χ2n) is 10.2. The summed E-state index contributed by atoms with van der Waals surface area (Å²) in [6, 6.07) is 26.2. The van der Waals surface area contributed by atoms with Crippen molar-refractivity contribution in [1.82, 2.24) is 4.57 Å². The minimum atomic E-state index is -0.743. The predicted molar refractivity (Wildman–Crippen MR) is 172 cm³/mol. The molecule has 10 heteroatoms. The summed E-state index contributed by atoms with van der Waals surface area (Å²) >= 11 is 1.22. The Balaban J connectivity index is 1.39. The number of fused-ring (bicyclic) bond motifs is 1. The number of para-hydroxylation sites is 1. The van der Waals surface area contributed by atoms with Crippen LogP contribution in [-0.4, -0.2) is 30.2 Å². The third-order valence-corrected chi connectivity index (χ3v) is 8.27. The fourth-order valence-corrected chi connectivity index (χ4v) is 6.19. The van der Waals surface area contributed by atoms with E-state index < -0.39 is 6.04 Å². The number of rotatable bonds is 8. The first-order chi connectivity index (χ1) is 21.9. The van der Waals surface area contributed by atoms with Crippen molar-refractivity contribution in [2.45, 2.75) is 19.9 Å². The number of hydrogen-bond acceptors (Lipinski definition) is 8. The highest BCUT2D eigenvalue weighted by Crippen LogP contribution is 2.32. The maximum Gasteiger partial charge on any atom is 0.338 e. The molecule has 1 atom stereocenters. The molecule has 0 bridgehead atoms. The smallest absolute Gasteiger partial charge is 0.338 e. The first-order valence-corrected chi connectivity index (χ1v) is 15.1. The van der Waals surface area contributed by atoms with Crippen LogP contribution in [0.5, 0.6) is 5.75 Å². The van der Waals surface area contributed by atoms with E-state index in [1.807, 2.05) is 42.5 Å². The van der Waals surface area contributed by atoms with Crippen molar-refractivity contribution in [2.75, 3.05) is 19.0 Å². The molecule has 0 aliphatic carbocycles. The SMILES string of the molecule is CCOC(=O)c1ccc(-c2ccc(/C=c3\sc4n(c3=O)[C@H](c3cccc(OC)c3)C(C(=O)Nc3ccccc3)=C(C)N=4)o2)cc1. The molecule has 1 aliphatic rings. The normalized spacial score (nSPS) is 14.5. The Labute approximate surface area is 262 Å². The average Bonchev–Trinajstić information content (AvgIpc) is 3.65. The lowest BCUT2D eigenvalue weighted by molar-refractivity contribution is -0.113. The maximum atomic E-state index is 14.0. The van der Waals surface area contributed by atoms with Gasteiger partial charge in [-0.2, -0.15) is 0 Å². The van der Waals surface area contributed by atoms with E-state index in [-0.39, 0.29) is 17.4 Å².